The largest absolute Gasteiger partial charge is 0.478 e. The fourth-order valence-corrected chi connectivity index (χ4v) is 5.71. The van der Waals surface area contributed by atoms with Crippen molar-refractivity contribution < 1.29 is 14.7 Å². The van der Waals surface area contributed by atoms with Gasteiger partial charge in [-0.1, -0.05) is 19.1 Å². The first-order valence-electron chi connectivity index (χ1n) is 12.6. The predicted molar refractivity (Wildman–Crippen MR) is 134 cm³/mol. The molecule has 1 amide bonds. The molecule has 2 aliphatic heterocycles. The maximum absolute atomic E-state index is 13.0. The molecule has 186 valence electrons. The lowest BCUT2D eigenvalue weighted by atomic mass is 9.95. The number of aryl methyl sites for hydroxylation is 1. The molecule has 9 nitrogen and oxygen atoms in total. The van der Waals surface area contributed by atoms with Gasteiger partial charge in [-0.25, -0.2) is 14.8 Å². The minimum absolute atomic E-state index is 0.109. The molecule has 2 saturated heterocycles. The Morgan fingerprint density at radius 3 is 2.39 bits per heavy atom. The second-order valence-electron chi connectivity index (χ2n) is 10.7. The standard InChI is InChI=1S/C27H30N6O3/c1-16-13-28-26(31-23(16)17-3-5-18(6-4-17)24(34)35)30-19-14-29-32(15-19)22-11-20-7-8-21(12-22)33(20)25(36)27(2)9-10-27/h3-6,13-15,20-22H,7-12H2,1-2H3,(H,34,35)(H,28,30,31)/t20-,21+,22?. The fourth-order valence-electron chi connectivity index (χ4n) is 5.71. The molecule has 9 heteroatoms. The minimum atomic E-state index is -0.956. The maximum atomic E-state index is 13.0. The van der Waals surface area contributed by atoms with Crippen LogP contribution < -0.4 is 5.32 Å². The molecule has 3 aliphatic rings. The molecule has 1 aliphatic carbocycles. The molecule has 2 bridgehead atoms. The molecular weight excluding hydrogens is 456 g/mol. The van der Waals surface area contributed by atoms with Crippen LogP contribution in [0.5, 0.6) is 0 Å². The van der Waals surface area contributed by atoms with E-state index in [-0.39, 0.29) is 17.0 Å². The molecule has 6 rings (SSSR count). The Morgan fingerprint density at radius 2 is 1.75 bits per heavy atom. The number of benzene rings is 1. The van der Waals surface area contributed by atoms with E-state index in [0.717, 1.165) is 61.0 Å². The molecule has 2 N–H and O–H groups in total. The van der Waals surface area contributed by atoms with E-state index in [0.29, 0.717) is 23.9 Å². The summed E-state index contributed by atoms with van der Waals surface area (Å²) in [5.41, 5.74) is 3.41. The zero-order valence-corrected chi connectivity index (χ0v) is 20.5. The number of rotatable bonds is 6. The molecule has 1 saturated carbocycles. The van der Waals surface area contributed by atoms with Crippen LogP contribution in [0.25, 0.3) is 11.3 Å². The van der Waals surface area contributed by atoms with Gasteiger partial charge in [0, 0.05) is 35.5 Å². The smallest absolute Gasteiger partial charge is 0.335 e. The monoisotopic (exact) mass is 486 g/mol. The molecule has 1 unspecified atom stereocenters. The highest BCUT2D eigenvalue weighted by Gasteiger charge is 2.53. The SMILES string of the molecule is Cc1cnc(Nc2cnn(C3C[C@H]4CC[C@@H](C3)N4C(=O)C3(C)CC3)c2)nc1-c1ccc(C(=O)O)cc1. The number of hydrogen-bond acceptors (Lipinski definition) is 6. The van der Waals surface area contributed by atoms with Crippen LogP contribution in [-0.4, -0.2) is 53.7 Å². The summed E-state index contributed by atoms with van der Waals surface area (Å²) in [6.07, 6.45) is 11.6. The number of carboxylic acid groups (broad SMARTS) is 1. The van der Waals surface area contributed by atoms with Crippen molar-refractivity contribution in [2.45, 2.75) is 70.5 Å². The number of carboxylic acids is 1. The number of piperidine rings is 1. The number of aromatic carboxylic acids is 1. The third-order valence-corrected chi connectivity index (χ3v) is 8.07. The molecule has 4 heterocycles. The fraction of sp³-hybridized carbons (Fsp3) is 0.444. The van der Waals surface area contributed by atoms with Crippen LogP contribution in [0.4, 0.5) is 11.6 Å². The van der Waals surface area contributed by atoms with Gasteiger partial charge in [0.2, 0.25) is 11.9 Å². The van der Waals surface area contributed by atoms with Crippen molar-refractivity contribution in [3.63, 3.8) is 0 Å². The van der Waals surface area contributed by atoms with Crippen LogP contribution >= 0.6 is 0 Å². The first-order chi connectivity index (χ1) is 17.3. The van der Waals surface area contributed by atoms with Gasteiger partial charge in [0.1, 0.15) is 0 Å². The average molecular weight is 487 g/mol. The van der Waals surface area contributed by atoms with E-state index >= 15 is 0 Å². The Kier molecular flexibility index (Phi) is 5.31. The third-order valence-electron chi connectivity index (χ3n) is 8.07. The van der Waals surface area contributed by atoms with E-state index in [1.165, 1.54) is 0 Å². The van der Waals surface area contributed by atoms with Gasteiger partial charge in [0.25, 0.3) is 0 Å². The van der Waals surface area contributed by atoms with E-state index < -0.39 is 5.97 Å². The molecular formula is C27H30N6O3. The van der Waals surface area contributed by atoms with Crippen LogP contribution in [0, 0.1) is 12.3 Å². The summed E-state index contributed by atoms with van der Waals surface area (Å²) in [5.74, 6) is -0.139. The zero-order valence-electron chi connectivity index (χ0n) is 20.5. The number of anilines is 2. The van der Waals surface area contributed by atoms with Gasteiger partial charge in [0.15, 0.2) is 0 Å². The van der Waals surface area contributed by atoms with Gasteiger partial charge in [-0.15, -0.1) is 0 Å². The van der Waals surface area contributed by atoms with Crippen molar-refractivity contribution in [3.05, 3.63) is 54.0 Å². The summed E-state index contributed by atoms with van der Waals surface area (Å²) in [5, 5.41) is 17.0. The number of amides is 1. The van der Waals surface area contributed by atoms with E-state index in [9.17, 15) is 9.59 Å². The van der Waals surface area contributed by atoms with E-state index in [1.54, 1.807) is 36.7 Å². The normalized spacial score (nSPS) is 23.9. The van der Waals surface area contributed by atoms with Crippen LogP contribution in [0.2, 0.25) is 0 Å². The molecule has 3 atom stereocenters. The minimum Gasteiger partial charge on any atom is -0.478 e. The van der Waals surface area contributed by atoms with Crippen LogP contribution in [0.1, 0.15) is 67.4 Å². The van der Waals surface area contributed by atoms with Crippen LogP contribution in [-0.2, 0) is 4.79 Å². The summed E-state index contributed by atoms with van der Waals surface area (Å²) < 4.78 is 2.02. The Balaban J connectivity index is 1.16. The van der Waals surface area contributed by atoms with E-state index in [1.807, 2.05) is 17.8 Å². The second kappa shape index (κ2) is 8.43. The van der Waals surface area contributed by atoms with Gasteiger partial charge in [0.05, 0.1) is 29.2 Å². The average Bonchev–Trinajstić information content (AvgIpc) is 3.36. The van der Waals surface area contributed by atoms with Gasteiger partial charge < -0.3 is 15.3 Å². The van der Waals surface area contributed by atoms with Gasteiger partial charge >= 0.3 is 5.97 Å². The maximum Gasteiger partial charge on any atom is 0.335 e. The molecule has 0 radical (unpaired) electrons. The number of carbonyl (C=O) groups excluding carboxylic acids is 1. The number of nitrogens with zero attached hydrogens (tertiary/aromatic N) is 5. The lowest BCUT2D eigenvalue weighted by Gasteiger charge is -2.40. The number of aromatic nitrogens is 4. The Morgan fingerprint density at radius 1 is 1.06 bits per heavy atom. The van der Waals surface area contributed by atoms with Gasteiger partial charge in [-0.2, -0.15) is 5.10 Å². The Bertz CT molecular complexity index is 1320. The van der Waals surface area contributed by atoms with Crippen molar-refractivity contribution in [2.24, 2.45) is 5.41 Å². The highest BCUT2D eigenvalue weighted by Crippen LogP contribution is 2.51. The summed E-state index contributed by atoms with van der Waals surface area (Å²) in [6, 6.07) is 7.58. The molecule has 2 aromatic heterocycles. The quantitative estimate of drug-likeness (QED) is 0.524. The molecule has 0 spiro atoms. The summed E-state index contributed by atoms with van der Waals surface area (Å²) in [7, 11) is 0. The van der Waals surface area contributed by atoms with Gasteiger partial charge in [-0.05, 0) is 63.1 Å². The molecule has 3 aromatic rings. The summed E-state index contributed by atoms with van der Waals surface area (Å²) in [6.45, 7) is 4.03. The highest BCUT2D eigenvalue weighted by molar-refractivity contribution is 5.88. The lowest BCUT2D eigenvalue weighted by molar-refractivity contribution is -0.141. The molecule has 1 aromatic carbocycles. The van der Waals surface area contributed by atoms with E-state index in [4.69, 9.17) is 5.11 Å². The first kappa shape index (κ1) is 22.7. The van der Waals surface area contributed by atoms with Gasteiger partial charge in [-0.3, -0.25) is 9.48 Å². The Labute approximate surface area is 209 Å². The number of fused-ring (bicyclic) bond motifs is 2. The summed E-state index contributed by atoms with van der Waals surface area (Å²) in [4.78, 5) is 35.5. The number of hydrogen-bond donors (Lipinski definition) is 2. The van der Waals surface area contributed by atoms with E-state index in [2.05, 4.69) is 32.2 Å². The van der Waals surface area contributed by atoms with Crippen LogP contribution in [0.3, 0.4) is 0 Å². The first-order valence-corrected chi connectivity index (χ1v) is 12.6. The van der Waals surface area contributed by atoms with Crippen molar-refractivity contribution >= 4 is 23.5 Å². The second-order valence-corrected chi connectivity index (χ2v) is 10.7. The predicted octanol–water partition coefficient (Wildman–Crippen LogP) is 4.58. The zero-order chi connectivity index (χ0) is 25.0. The molecule has 36 heavy (non-hydrogen) atoms. The van der Waals surface area contributed by atoms with Crippen molar-refractivity contribution in [2.75, 3.05) is 5.32 Å². The third kappa shape index (κ3) is 4.02. The Hall–Kier alpha value is -3.75. The van der Waals surface area contributed by atoms with Crippen LogP contribution in [0.15, 0.2) is 42.9 Å². The lowest BCUT2D eigenvalue weighted by Crippen LogP contribution is -2.49. The van der Waals surface area contributed by atoms with Crippen molar-refractivity contribution in [3.8, 4) is 11.3 Å². The number of nitrogens with one attached hydrogen (secondary N) is 1. The topological polar surface area (TPSA) is 113 Å². The number of carbonyl (C=O) groups is 2. The van der Waals surface area contributed by atoms with Crippen molar-refractivity contribution in [1.82, 2.24) is 24.6 Å². The summed E-state index contributed by atoms with van der Waals surface area (Å²) >= 11 is 0. The van der Waals surface area contributed by atoms with Crippen molar-refractivity contribution in [1.29, 1.82) is 0 Å². The highest BCUT2D eigenvalue weighted by atomic mass is 16.4. The molecule has 3 fully saturated rings.